The van der Waals surface area contributed by atoms with Crippen molar-refractivity contribution in [3.05, 3.63) is 162 Å². The maximum absolute atomic E-state index is 13.7. The number of rotatable bonds is 15. The average molecular weight is 996 g/mol. The Bertz CT molecular complexity index is 2740. The maximum Gasteiger partial charge on any atom is 0.258 e. The lowest BCUT2D eigenvalue weighted by atomic mass is 10.0. The standard InChI is InChI=1S/C50H40Cl4N6O8/c51-41-17-39(49(61)59-7-11-63-12-8-59)43(65-27-33-15-31(21-55)23-57-25-33)19-45(41)67-29-35-3-1-5-37(47(35)53)38-6-2-4-36(48(38)54)30-68-46-20-44(66-28-34-16-32(22-56)24-58-26-34)40(18-42(46)52)50(62)60-9-13-64-14-10-60/h1-6,15-20,23-26H,7-14,27-30H2/p+1. The van der Waals surface area contributed by atoms with Crippen molar-refractivity contribution >= 4 is 58.2 Å². The highest BCUT2D eigenvalue weighted by molar-refractivity contribution is 6.37. The van der Waals surface area contributed by atoms with Gasteiger partial charge in [-0.05, 0) is 24.3 Å². The summed E-state index contributed by atoms with van der Waals surface area (Å²) < 4.78 is 34.7. The van der Waals surface area contributed by atoms with Crippen molar-refractivity contribution in [3.8, 4) is 46.3 Å². The molecule has 0 unspecified atom stereocenters. The average Bonchev–Trinajstić information content (AvgIpc) is 3.38. The first kappa shape index (κ1) is 47.9. The Labute approximate surface area is 412 Å². The largest absolute Gasteiger partial charge is 0.488 e. The van der Waals surface area contributed by atoms with E-state index in [4.69, 9.17) is 70.1 Å². The molecule has 4 aromatic carbocycles. The van der Waals surface area contributed by atoms with Gasteiger partial charge in [0.25, 0.3) is 11.8 Å². The van der Waals surface area contributed by atoms with E-state index >= 15 is 0 Å². The highest BCUT2D eigenvalue weighted by atomic mass is 35.5. The number of carbonyl (C=O) groups excluding carboxylic acids is 2. The second-order valence-electron chi connectivity index (χ2n) is 15.5. The lowest BCUT2D eigenvalue weighted by molar-refractivity contribution is -0.0822. The number of hydrogen-bond acceptors (Lipinski definition) is 11. The van der Waals surface area contributed by atoms with E-state index in [2.05, 4.69) is 26.8 Å². The molecule has 6 aromatic rings. The van der Waals surface area contributed by atoms with Crippen LogP contribution in [0.4, 0.5) is 0 Å². The number of nitrogens with zero attached hydrogens (tertiary/aromatic N) is 6. The van der Waals surface area contributed by atoms with E-state index in [0.29, 0.717) is 107 Å². The summed E-state index contributed by atoms with van der Waals surface area (Å²) in [7, 11) is 0. The summed E-state index contributed by atoms with van der Waals surface area (Å²) in [4.78, 5) is 39.1. The molecule has 2 aliphatic rings. The van der Waals surface area contributed by atoms with Crippen LogP contribution in [0.5, 0.6) is 23.0 Å². The minimum Gasteiger partial charge on any atom is -0.488 e. The molecule has 346 valence electrons. The van der Waals surface area contributed by atoms with Crippen molar-refractivity contribution in [2.45, 2.75) is 26.4 Å². The second-order valence-corrected chi connectivity index (χ2v) is 17.1. The molecule has 2 saturated heterocycles. The zero-order valence-electron chi connectivity index (χ0n) is 36.2. The summed E-state index contributed by atoms with van der Waals surface area (Å²) in [5.41, 5.74) is 5.04. The number of amides is 2. The van der Waals surface area contributed by atoms with Crippen molar-refractivity contribution in [2.75, 3.05) is 52.6 Å². The number of benzene rings is 4. The highest BCUT2D eigenvalue weighted by Gasteiger charge is 2.27. The first-order valence-corrected chi connectivity index (χ1v) is 22.8. The van der Waals surface area contributed by atoms with Gasteiger partial charge in [0.15, 0.2) is 13.2 Å². The van der Waals surface area contributed by atoms with Crippen LogP contribution >= 0.6 is 46.4 Å². The van der Waals surface area contributed by atoms with Crippen LogP contribution in [0.3, 0.4) is 0 Å². The molecule has 0 aliphatic carbocycles. The first-order chi connectivity index (χ1) is 33.1. The fourth-order valence-electron chi connectivity index (χ4n) is 7.47. The summed E-state index contributed by atoms with van der Waals surface area (Å²) in [5.74, 6) is 0.456. The molecule has 2 aromatic heterocycles. The Morgan fingerprint density at radius 1 is 0.588 bits per heavy atom. The minimum atomic E-state index is -0.272. The number of pyridine rings is 2. The van der Waals surface area contributed by atoms with E-state index < -0.39 is 0 Å². The summed E-state index contributed by atoms with van der Waals surface area (Å²) in [6.45, 7) is 3.70. The molecule has 2 fully saturated rings. The number of aromatic nitrogens is 2. The SMILES string of the molecule is N#Cc1cncc(COc2cc(OCc3cccc(-c4cccc(COc5cc(OCc6cncc(C#N)c6)c(C(=O)N6CC[OH+]CC6)cc5Cl)c4Cl)c3Cl)c(Cl)cc2C(=O)N2CCOCC2)c1. The Morgan fingerprint density at radius 2 is 1.03 bits per heavy atom. The monoisotopic (exact) mass is 993 g/mol. The third kappa shape index (κ3) is 11.4. The summed E-state index contributed by atoms with van der Waals surface area (Å²) >= 11 is 27.8. The molecule has 68 heavy (non-hydrogen) atoms. The molecule has 18 heteroatoms. The van der Waals surface area contributed by atoms with Crippen LogP contribution < -0.4 is 18.9 Å². The Balaban J connectivity index is 1.01. The van der Waals surface area contributed by atoms with Crippen molar-refractivity contribution in [1.82, 2.24) is 19.8 Å². The molecular weight excluding hydrogens is 954 g/mol. The lowest BCUT2D eigenvalue weighted by Crippen LogP contribution is -2.42. The van der Waals surface area contributed by atoms with Crippen molar-refractivity contribution in [2.24, 2.45) is 0 Å². The van der Waals surface area contributed by atoms with Gasteiger partial charge >= 0.3 is 0 Å². The van der Waals surface area contributed by atoms with Crippen LogP contribution in [-0.2, 0) is 31.2 Å². The molecule has 2 aliphatic heterocycles. The summed E-state index contributed by atoms with van der Waals surface area (Å²) in [6, 6.07) is 24.6. The maximum atomic E-state index is 13.7. The number of nitriles is 2. The van der Waals surface area contributed by atoms with E-state index in [9.17, 15) is 20.1 Å². The van der Waals surface area contributed by atoms with Gasteiger partial charge in [-0.3, -0.25) is 19.6 Å². The number of carbonyl (C=O) groups is 2. The molecule has 0 bridgehead atoms. The van der Waals surface area contributed by atoms with Gasteiger partial charge in [-0.15, -0.1) is 0 Å². The predicted molar refractivity (Wildman–Crippen MR) is 255 cm³/mol. The van der Waals surface area contributed by atoms with Gasteiger partial charge < -0.3 is 38.2 Å². The molecule has 8 rings (SSSR count). The third-order valence-corrected chi connectivity index (χ3v) is 12.5. The molecule has 14 nitrogen and oxygen atoms in total. The number of morpholine rings is 2. The zero-order valence-corrected chi connectivity index (χ0v) is 39.2. The minimum absolute atomic E-state index is 0.00544. The van der Waals surface area contributed by atoms with Crippen LogP contribution in [0.2, 0.25) is 20.1 Å². The van der Waals surface area contributed by atoms with Gasteiger partial charge in [-0.2, -0.15) is 10.5 Å². The van der Waals surface area contributed by atoms with Gasteiger partial charge in [0.2, 0.25) is 0 Å². The number of hydrogen-bond donors (Lipinski definition) is 0. The van der Waals surface area contributed by atoms with Gasteiger partial charge in [-0.25, -0.2) is 0 Å². The van der Waals surface area contributed by atoms with Crippen LogP contribution in [0.25, 0.3) is 11.1 Å². The molecule has 0 radical (unpaired) electrons. The molecular formula is C50H41Cl4N6O8+. The molecule has 0 atom stereocenters. The Hall–Kier alpha value is -6.62. The smallest absolute Gasteiger partial charge is 0.258 e. The fraction of sp³-hybridized carbons (Fsp3) is 0.240. The molecule has 1 N–H and O–H groups in total. The van der Waals surface area contributed by atoms with Gasteiger partial charge in [0.1, 0.15) is 61.6 Å². The van der Waals surface area contributed by atoms with Crippen LogP contribution in [0.1, 0.15) is 54.1 Å². The van der Waals surface area contributed by atoms with Crippen molar-refractivity contribution in [1.29, 1.82) is 10.5 Å². The van der Waals surface area contributed by atoms with E-state index in [-0.39, 0.29) is 82.4 Å². The summed E-state index contributed by atoms with van der Waals surface area (Å²) in [6.07, 6.45) is 6.08. The lowest BCUT2D eigenvalue weighted by Gasteiger charge is -2.27. The zero-order chi connectivity index (χ0) is 47.6. The van der Waals surface area contributed by atoms with E-state index in [0.717, 1.165) is 0 Å². The fourth-order valence-corrected chi connectivity index (χ4v) is 8.47. The molecule has 4 heterocycles. The van der Waals surface area contributed by atoms with Gasteiger partial charge in [0, 0.05) is 83.4 Å². The number of halogens is 4. The topological polar surface area (TPSA) is 173 Å². The second kappa shape index (κ2) is 22.5. The summed E-state index contributed by atoms with van der Waals surface area (Å²) in [5, 5.41) is 19.9. The van der Waals surface area contributed by atoms with Crippen molar-refractivity contribution in [3.63, 3.8) is 0 Å². The normalized spacial score (nSPS) is 13.6. The predicted octanol–water partition coefficient (Wildman–Crippen LogP) is 9.27. The number of ether oxygens (including phenoxy) is 6. The van der Waals surface area contributed by atoms with Gasteiger partial charge in [0.05, 0.1) is 68.6 Å². The van der Waals surface area contributed by atoms with E-state index in [1.807, 2.05) is 36.4 Å². The molecule has 0 saturated carbocycles. The highest BCUT2D eigenvalue weighted by Crippen LogP contribution is 2.40. The van der Waals surface area contributed by atoms with Crippen molar-refractivity contribution < 1.29 is 38.0 Å². The number of aliphatic hydroxyl groups is 2. The quantitative estimate of drug-likeness (QED) is 0.0898. The van der Waals surface area contributed by atoms with Crippen LogP contribution in [-0.4, -0.2) is 88.9 Å². The Morgan fingerprint density at radius 3 is 1.49 bits per heavy atom. The first-order valence-electron chi connectivity index (χ1n) is 21.3. The Kier molecular flexibility index (Phi) is 15.8. The van der Waals surface area contributed by atoms with Gasteiger partial charge in [-0.1, -0.05) is 82.8 Å². The van der Waals surface area contributed by atoms with Crippen LogP contribution in [0, 0.1) is 22.7 Å². The van der Waals surface area contributed by atoms with E-state index in [1.165, 1.54) is 24.5 Å². The molecule has 2 amide bonds. The van der Waals surface area contributed by atoms with E-state index in [1.54, 1.807) is 46.5 Å². The molecule has 0 spiro atoms. The third-order valence-electron chi connectivity index (χ3n) is 11.0. The van der Waals surface area contributed by atoms with Crippen LogP contribution in [0.15, 0.2) is 97.6 Å².